The van der Waals surface area contributed by atoms with E-state index in [2.05, 4.69) is 30.8 Å². The Hall–Kier alpha value is -1.04. The Kier molecular flexibility index (Phi) is 5.67. The third-order valence-corrected chi connectivity index (χ3v) is 7.55. The molecule has 0 radical (unpaired) electrons. The average molecular weight is 259 g/mol. The summed E-state index contributed by atoms with van der Waals surface area (Å²) in [4.78, 5) is 13.4. The van der Waals surface area contributed by atoms with Gasteiger partial charge in [0.05, 0.1) is 19.1 Å². The Morgan fingerprint density at radius 3 is 2.41 bits per heavy atom. The van der Waals surface area contributed by atoms with Crippen molar-refractivity contribution in [3.63, 3.8) is 0 Å². The van der Waals surface area contributed by atoms with Crippen LogP contribution in [0.15, 0.2) is 5.11 Å². The lowest BCUT2D eigenvalue weighted by Gasteiger charge is -2.38. The normalized spacial score (nSPS) is 13.9. The number of carboxylic acids is 1. The second-order valence-electron chi connectivity index (χ2n) is 5.51. The monoisotopic (exact) mass is 259 g/mol. The first kappa shape index (κ1) is 16.0. The minimum Gasteiger partial charge on any atom is -0.481 e. The van der Waals surface area contributed by atoms with E-state index >= 15 is 0 Å². The molecule has 0 aliphatic rings. The van der Waals surface area contributed by atoms with Gasteiger partial charge in [-0.2, -0.15) is 0 Å². The molecule has 1 atom stereocenters. The molecule has 0 aromatic heterocycles. The van der Waals surface area contributed by atoms with Crippen molar-refractivity contribution in [2.75, 3.05) is 6.54 Å². The zero-order chi connectivity index (χ0) is 13.7. The van der Waals surface area contributed by atoms with Crippen LogP contribution in [0.4, 0.5) is 0 Å². The van der Waals surface area contributed by atoms with E-state index in [-0.39, 0.29) is 18.0 Å². The summed E-state index contributed by atoms with van der Waals surface area (Å²) in [7, 11) is -2.03. The van der Waals surface area contributed by atoms with Gasteiger partial charge in [-0.3, -0.25) is 4.79 Å². The highest BCUT2D eigenvalue weighted by Gasteiger charge is 2.39. The van der Waals surface area contributed by atoms with Crippen molar-refractivity contribution < 1.29 is 14.3 Å². The molecule has 0 unspecified atom stereocenters. The Labute approximate surface area is 103 Å². The van der Waals surface area contributed by atoms with Gasteiger partial charge >= 0.3 is 5.97 Å². The fourth-order valence-corrected chi connectivity index (χ4v) is 2.40. The summed E-state index contributed by atoms with van der Waals surface area (Å²) >= 11 is 0. The molecule has 0 aliphatic carbocycles. The third-order valence-electron chi connectivity index (χ3n) is 3.02. The maximum absolute atomic E-state index is 10.7. The Balaban J connectivity index is 4.72. The lowest BCUT2D eigenvalue weighted by atomic mass is 10.2. The molecule has 98 valence electrons. The van der Waals surface area contributed by atoms with Gasteiger partial charge in [-0.25, -0.2) is 0 Å². The van der Waals surface area contributed by atoms with E-state index in [0.29, 0.717) is 0 Å². The molecule has 0 bridgehead atoms. The summed E-state index contributed by atoms with van der Waals surface area (Å²) in [5.74, 6) is -0.943. The predicted octanol–water partition coefficient (Wildman–Crippen LogP) is 3.16. The lowest BCUT2D eigenvalue weighted by molar-refractivity contribution is -0.138. The van der Waals surface area contributed by atoms with E-state index in [1.807, 2.05) is 13.1 Å². The molecule has 7 heteroatoms. The van der Waals surface area contributed by atoms with Crippen LogP contribution < -0.4 is 0 Å². The molecule has 0 amide bonds. The molecule has 0 spiro atoms. The summed E-state index contributed by atoms with van der Waals surface area (Å²) in [5, 5.41) is 12.2. The van der Waals surface area contributed by atoms with E-state index in [1.165, 1.54) is 0 Å². The first-order valence-corrected chi connectivity index (χ1v) is 8.41. The van der Waals surface area contributed by atoms with Crippen LogP contribution in [-0.4, -0.2) is 32.0 Å². The van der Waals surface area contributed by atoms with Crippen molar-refractivity contribution in [1.82, 2.24) is 0 Å². The first-order chi connectivity index (χ1) is 7.60. The van der Waals surface area contributed by atoms with Crippen LogP contribution in [0.5, 0.6) is 0 Å². The minimum absolute atomic E-state index is 0.000110. The molecule has 0 fully saturated rings. The van der Waals surface area contributed by atoms with E-state index in [9.17, 15) is 4.79 Å². The Morgan fingerprint density at radius 1 is 1.53 bits per heavy atom. The number of carbonyl (C=O) groups is 1. The van der Waals surface area contributed by atoms with Gasteiger partial charge in [0.2, 0.25) is 0 Å². The van der Waals surface area contributed by atoms with Gasteiger partial charge in [-0.15, -0.1) is 0 Å². The average Bonchev–Trinajstić information content (AvgIpc) is 2.10. The fourth-order valence-electron chi connectivity index (χ4n) is 1.06. The first-order valence-electron chi connectivity index (χ1n) is 5.50. The standard InChI is InChI=1S/C10H21N3O3Si/c1-10(2,3)17(4,5)16-8(6-9(14)15)7-12-13-11/h8H,6-7H2,1-5H3,(H,14,15)/t8-/m0/s1. The number of aliphatic carboxylic acids is 1. The molecule has 1 N–H and O–H groups in total. The summed E-state index contributed by atoms with van der Waals surface area (Å²) < 4.78 is 5.91. The van der Waals surface area contributed by atoms with Crippen molar-refractivity contribution in [1.29, 1.82) is 0 Å². The highest BCUT2D eigenvalue weighted by molar-refractivity contribution is 6.74. The fraction of sp³-hybridized carbons (Fsp3) is 0.900. The molecule has 0 aliphatic heterocycles. The summed E-state index contributed by atoms with van der Waals surface area (Å²) in [6, 6.07) is 0. The van der Waals surface area contributed by atoms with Crippen molar-refractivity contribution in [2.24, 2.45) is 5.11 Å². The van der Waals surface area contributed by atoms with Crippen molar-refractivity contribution in [3.8, 4) is 0 Å². The number of azide groups is 1. The van der Waals surface area contributed by atoms with Gasteiger partial charge < -0.3 is 9.53 Å². The van der Waals surface area contributed by atoms with E-state index in [1.54, 1.807) is 0 Å². The summed E-state index contributed by atoms with van der Waals surface area (Å²) in [6.45, 7) is 10.4. The number of rotatable bonds is 6. The second kappa shape index (κ2) is 6.04. The smallest absolute Gasteiger partial charge is 0.305 e. The maximum atomic E-state index is 10.7. The lowest BCUT2D eigenvalue weighted by Crippen LogP contribution is -2.45. The number of hydrogen-bond acceptors (Lipinski definition) is 3. The largest absolute Gasteiger partial charge is 0.481 e. The summed E-state index contributed by atoms with van der Waals surface area (Å²) in [5.41, 5.74) is 8.27. The van der Waals surface area contributed by atoms with E-state index in [0.717, 1.165) is 0 Å². The molecule has 0 saturated heterocycles. The zero-order valence-corrected chi connectivity index (χ0v) is 12.1. The molecule has 0 saturated carbocycles. The number of nitrogens with zero attached hydrogens (tertiary/aromatic N) is 3. The molecule has 6 nitrogen and oxygen atoms in total. The molecular weight excluding hydrogens is 238 g/mol. The van der Waals surface area contributed by atoms with Crippen LogP contribution in [0, 0.1) is 0 Å². The number of hydrogen-bond donors (Lipinski definition) is 1. The van der Waals surface area contributed by atoms with Gasteiger partial charge in [0.1, 0.15) is 0 Å². The predicted molar refractivity (Wildman–Crippen MR) is 68.3 cm³/mol. The SMILES string of the molecule is CC(C)(C)[Si](C)(C)O[C@H](CN=[N+]=[N-])CC(=O)O. The molecular formula is C10H21N3O3Si. The topological polar surface area (TPSA) is 95.3 Å². The number of carboxylic acid groups (broad SMARTS) is 1. The molecule has 0 aromatic carbocycles. The maximum Gasteiger partial charge on any atom is 0.305 e. The molecule has 0 aromatic rings. The van der Waals surface area contributed by atoms with Crippen molar-refractivity contribution in [2.45, 2.75) is 51.4 Å². The van der Waals surface area contributed by atoms with Crippen molar-refractivity contribution in [3.05, 3.63) is 10.4 Å². The van der Waals surface area contributed by atoms with Gasteiger partial charge in [-0.1, -0.05) is 25.9 Å². The third kappa shape index (κ3) is 5.72. The minimum atomic E-state index is -2.03. The van der Waals surface area contributed by atoms with E-state index in [4.69, 9.17) is 15.1 Å². The van der Waals surface area contributed by atoms with E-state index < -0.39 is 20.4 Å². The van der Waals surface area contributed by atoms with Crippen LogP contribution >= 0.6 is 0 Å². The van der Waals surface area contributed by atoms with Crippen molar-refractivity contribution >= 4 is 14.3 Å². The van der Waals surface area contributed by atoms with Crippen LogP contribution in [0.25, 0.3) is 10.4 Å². The molecule has 0 heterocycles. The highest BCUT2D eigenvalue weighted by Crippen LogP contribution is 2.37. The summed E-state index contributed by atoms with van der Waals surface area (Å²) in [6.07, 6.45) is -0.671. The Bertz CT molecular complexity index is 315. The van der Waals surface area contributed by atoms with Crippen LogP contribution in [0.1, 0.15) is 27.2 Å². The highest BCUT2D eigenvalue weighted by atomic mass is 28.4. The van der Waals surface area contributed by atoms with Gasteiger partial charge in [0, 0.05) is 4.91 Å². The zero-order valence-electron chi connectivity index (χ0n) is 11.1. The van der Waals surface area contributed by atoms with Gasteiger partial charge in [0.25, 0.3) is 0 Å². The molecule has 17 heavy (non-hydrogen) atoms. The van der Waals surface area contributed by atoms with Crippen LogP contribution in [-0.2, 0) is 9.22 Å². The van der Waals surface area contributed by atoms with Crippen LogP contribution in [0.2, 0.25) is 18.1 Å². The van der Waals surface area contributed by atoms with Gasteiger partial charge in [0.15, 0.2) is 8.32 Å². The van der Waals surface area contributed by atoms with Crippen LogP contribution in [0.3, 0.4) is 0 Å². The Morgan fingerprint density at radius 2 is 2.06 bits per heavy atom. The quantitative estimate of drug-likeness (QED) is 0.343. The second-order valence-corrected chi connectivity index (χ2v) is 10.3. The van der Waals surface area contributed by atoms with Gasteiger partial charge in [-0.05, 0) is 23.7 Å². The molecule has 0 rings (SSSR count).